The van der Waals surface area contributed by atoms with Gasteiger partial charge in [-0.2, -0.15) is 0 Å². The molecule has 0 spiro atoms. The monoisotopic (exact) mass is 184 g/mol. The molecule has 74 valence electrons. The summed E-state index contributed by atoms with van der Waals surface area (Å²) >= 11 is 0. The summed E-state index contributed by atoms with van der Waals surface area (Å²) in [5.74, 6) is 0. The molecule has 2 aliphatic rings. The summed E-state index contributed by atoms with van der Waals surface area (Å²) in [6.45, 7) is 2.30. The van der Waals surface area contributed by atoms with Gasteiger partial charge in [-0.3, -0.25) is 0 Å². The minimum atomic E-state index is -0.183. The summed E-state index contributed by atoms with van der Waals surface area (Å²) < 4.78 is 4.99. The van der Waals surface area contributed by atoms with Gasteiger partial charge in [-0.05, 0) is 26.2 Å². The molecule has 1 saturated carbocycles. The Morgan fingerprint density at radius 2 is 2.15 bits per heavy atom. The van der Waals surface area contributed by atoms with Crippen molar-refractivity contribution in [2.45, 2.75) is 38.3 Å². The van der Waals surface area contributed by atoms with Crippen molar-refractivity contribution >= 4 is 6.09 Å². The van der Waals surface area contributed by atoms with Crippen LogP contribution in [0.25, 0.3) is 0 Å². The van der Waals surface area contributed by atoms with Crippen molar-refractivity contribution in [3.8, 4) is 0 Å². The quantitative estimate of drug-likeness (QED) is 0.614. The van der Waals surface area contributed by atoms with E-state index in [1.54, 1.807) is 5.01 Å². The van der Waals surface area contributed by atoms with Crippen molar-refractivity contribution < 1.29 is 9.53 Å². The van der Waals surface area contributed by atoms with E-state index in [9.17, 15) is 4.79 Å². The first kappa shape index (κ1) is 8.81. The fourth-order valence-electron chi connectivity index (χ4n) is 2.40. The maximum Gasteiger partial charge on any atom is 0.424 e. The number of hydrogen-bond acceptors (Lipinski definition) is 3. The predicted molar refractivity (Wildman–Crippen MR) is 48.1 cm³/mol. The van der Waals surface area contributed by atoms with Crippen molar-refractivity contribution in [2.75, 3.05) is 13.7 Å². The third-order valence-corrected chi connectivity index (χ3v) is 3.05. The Kier molecular flexibility index (Phi) is 2.15. The summed E-state index contributed by atoms with van der Waals surface area (Å²) in [6.07, 6.45) is 3.29. The topological polar surface area (TPSA) is 32.8 Å². The second-order valence-electron chi connectivity index (χ2n) is 3.74. The number of carbonyl (C=O) groups is 1. The van der Waals surface area contributed by atoms with Gasteiger partial charge in [0.1, 0.15) is 0 Å². The first-order chi connectivity index (χ1) is 6.24. The van der Waals surface area contributed by atoms with Gasteiger partial charge in [0, 0.05) is 13.1 Å². The van der Waals surface area contributed by atoms with E-state index in [0.717, 1.165) is 12.8 Å². The molecule has 1 aliphatic heterocycles. The standard InChI is InChI=1S/C9H16N2O2/c1-3-13-9(12)11-8-5-4-7(6-8)10(11)2/h7-8H,3-6H2,1-2H3. The molecule has 1 heterocycles. The smallest absolute Gasteiger partial charge is 0.424 e. The van der Waals surface area contributed by atoms with Crippen LogP contribution in [0, 0.1) is 0 Å². The molecule has 2 rings (SSSR count). The first-order valence-corrected chi connectivity index (χ1v) is 4.92. The molecule has 0 N–H and O–H groups in total. The van der Waals surface area contributed by atoms with Crippen molar-refractivity contribution in [3.63, 3.8) is 0 Å². The van der Waals surface area contributed by atoms with Gasteiger partial charge in [0.15, 0.2) is 0 Å². The Morgan fingerprint density at radius 3 is 2.69 bits per heavy atom. The van der Waals surface area contributed by atoms with Crippen LogP contribution in [0.3, 0.4) is 0 Å². The van der Waals surface area contributed by atoms with Crippen LogP contribution in [0.4, 0.5) is 4.79 Å². The lowest BCUT2D eigenvalue weighted by atomic mass is 10.2. The van der Waals surface area contributed by atoms with E-state index in [0.29, 0.717) is 18.7 Å². The van der Waals surface area contributed by atoms with Gasteiger partial charge in [-0.25, -0.2) is 14.8 Å². The van der Waals surface area contributed by atoms with Gasteiger partial charge in [0.2, 0.25) is 0 Å². The van der Waals surface area contributed by atoms with E-state index in [-0.39, 0.29) is 6.09 Å². The lowest BCUT2D eigenvalue weighted by Gasteiger charge is -2.34. The Bertz CT molecular complexity index is 218. The van der Waals surface area contributed by atoms with Crippen molar-refractivity contribution in [1.82, 2.24) is 10.0 Å². The Hall–Kier alpha value is -0.770. The van der Waals surface area contributed by atoms with Crippen molar-refractivity contribution in [1.29, 1.82) is 0 Å². The molecule has 13 heavy (non-hydrogen) atoms. The molecule has 0 aromatic rings. The lowest BCUT2D eigenvalue weighted by molar-refractivity contribution is -0.0251. The third-order valence-electron chi connectivity index (χ3n) is 3.05. The molecular formula is C9H16N2O2. The maximum atomic E-state index is 11.5. The minimum Gasteiger partial charge on any atom is -0.449 e. The Morgan fingerprint density at radius 1 is 1.46 bits per heavy atom. The summed E-state index contributed by atoms with van der Waals surface area (Å²) in [5.41, 5.74) is 0. The van der Waals surface area contributed by atoms with Gasteiger partial charge >= 0.3 is 6.09 Å². The number of nitrogens with zero attached hydrogens (tertiary/aromatic N) is 2. The molecule has 4 heteroatoms. The molecular weight excluding hydrogens is 168 g/mol. The molecule has 1 aliphatic carbocycles. The molecule has 2 atom stereocenters. The van der Waals surface area contributed by atoms with Crippen LogP contribution in [0.15, 0.2) is 0 Å². The second-order valence-corrected chi connectivity index (χ2v) is 3.74. The van der Waals surface area contributed by atoms with Crippen molar-refractivity contribution in [3.05, 3.63) is 0 Å². The largest absolute Gasteiger partial charge is 0.449 e. The highest BCUT2D eigenvalue weighted by Gasteiger charge is 2.45. The van der Waals surface area contributed by atoms with Crippen LogP contribution < -0.4 is 0 Å². The van der Waals surface area contributed by atoms with E-state index in [4.69, 9.17) is 4.74 Å². The zero-order valence-corrected chi connectivity index (χ0v) is 8.19. The highest BCUT2D eigenvalue weighted by molar-refractivity contribution is 5.68. The van der Waals surface area contributed by atoms with Crippen LogP contribution in [0.5, 0.6) is 0 Å². The molecule has 0 aromatic heterocycles. The van der Waals surface area contributed by atoms with Gasteiger partial charge in [-0.1, -0.05) is 0 Å². The normalized spacial score (nSPS) is 32.6. The molecule has 1 amide bonds. The van der Waals surface area contributed by atoms with E-state index in [2.05, 4.69) is 0 Å². The van der Waals surface area contributed by atoms with Gasteiger partial charge in [-0.15, -0.1) is 0 Å². The van der Waals surface area contributed by atoms with Gasteiger partial charge in [0.25, 0.3) is 0 Å². The predicted octanol–water partition coefficient (Wildman–Crippen LogP) is 1.23. The summed E-state index contributed by atoms with van der Waals surface area (Å²) in [7, 11) is 1.97. The number of hydrazine groups is 1. The number of amides is 1. The molecule has 1 saturated heterocycles. The van der Waals surface area contributed by atoms with Crippen LogP contribution >= 0.6 is 0 Å². The SMILES string of the molecule is CCOC(=O)N1C2CCC(C2)N1C. The number of carbonyl (C=O) groups excluding carboxylic acids is 1. The van der Waals surface area contributed by atoms with E-state index in [1.807, 2.05) is 19.0 Å². The Labute approximate surface area is 78.4 Å². The lowest BCUT2D eigenvalue weighted by Crippen LogP contribution is -2.48. The molecule has 2 fully saturated rings. The first-order valence-electron chi connectivity index (χ1n) is 4.92. The average Bonchev–Trinajstić information content (AvgIpc) is 2.63. The third kappa shape index (κ3) is 1.29. The van der Waals surface area contributed by atoms with Gasteiger partial charge in [0.05, 0.1) is 12.6 Å². The molecule has 4 nitrogen and oxygen atoms in total. The minimum absolute atomic E-state index is 0.183. The number of fused-ring (bicyclic) bond motifs is 2. The second kappa shape index (κ2) is 3.18. The van der Waals surface area contributed by atoms with E-state index >= 15 is 0 Å². The average molecular weight is 184 g/mol. The summed E-state index contributed by atoms with van der Waals surface area (Å²) in [6, 6.07) is 0.962. The van der Waals surface area contributed by atoms with Gasteiger partial charge < -0.3 is 4.74 Å². The number of rotatable bonds is 1. The molecule has 2 unspecified atom stereocenters. The van der Waals surface area contributed by atoms with Crippen LogP contribution in [0.2, 0.25) is 0 Å². The summed E-state index contributed by atoms with van der Waals surface area (Å²) in [5, 5.41) is 3.81. The molecule has 2 bridgehead atoms. The zero-order chi connectivity index (χ0) is 9.42. The fraction of sp³-hybridized carbons (Fsp3) is 0.889. The maximum absolute atomic E-state index is 11.5. The Balaban J connectivity index is 2.03. The van der Waals surface area contributed by atoms with Crippen LogP contribution in [0.1, 0.15) is 26.2 Å². The van der Waals surface area contributed by atoms with E-state index in [1.165, 1.54) is 6.42 Å². The zero-order valence-electron chi connectivity index (χ0n) is 8.19. The van der Waals surface area contributed by atoms with Crippen LogP contribution in [-0.2, 0) is 4.74 Å². The van der Waals surface area contributed by atoms with E-state index < -0.39 is 0 Å². The molecule has 0 aromatic carbocycles. The highest BCUT2D eigenvalue weighted by Crippen LogP contribution is 2.36. The summed E-state index contributed by atoms with van der Waals surface area (Å²) in [4.78, 5) is 11.5. The number of hydrogen-bond donors (Lipinski definition) is 0. The van der Waals surface area contributed by atoms with Crippen molar-refractivity contribution in [2.24, 2.45) is 0 Å². The highest BCUT2D eigenvalue weighted by atomic mass is 16.6. The number of ether oxygens (including phenoxy) is 1. The fourth-order valence-corrected chi connectivity index (χ4v) is 2.40. The van der Waals surface area contributed by atoms with Crippen LogP contribution in [-0.4, -0.2) is 41.8 Å². The molecule has 0 radical (unpaired) electrons.